The van der Waals surface area contributed by atoms with Gasteiger partial charge in [0.2, 0.25) is 11.8 Å². The summed E-state index contributed by atoms with van der Waals surface area (Å²) in [6.07, 6.45) is 2.74. The molecular weight excluding hydrogens is 370 g/mol. The van der Waals surface area contributed by atoms with Gasteiger partial charge in [-0.1, -0.05) is 30.3 Å². The molecule has 1 aromatic carbocycles. The maximum Gasteiger partial charge on any atom is 0.256 e. The number of rotatable bonds is 5. The number of amides is 2. The molecule has 2 fully saturated rings. The fourth-order valence-electron chi connectivity index (χ4n) is 4.22. The third-order valence-electron chi connectivity index (χ3n) is 5.79. The minimum atomic E-state index is -0.543. The van der Waals surface area contributed by atoms with Crippen molar-refractivity contribution in [1.29, 1.82) is 0 Å². The van der Waals surface area contributed by atoms with Gasteiger partial charge in [0, 0.05) is 38.9 Å². The van der Waals surface area contributed by atoms with Crippen LogP contribution >= 0.6 is 0 Å². The molecule has 0 N–H and O–H groups in total. The van der Waals surface area contributed by atoms with Crippen LogP contribution in [0.4, 0.5) is 0 Å². The summed E-state index contributed by atoms with van der Waals surface area (Å²) < 4.78 is 10.6. The lowest BCUT2D eigenvalue weighted by Crippen LogP contribution is -2.61. The topological polar surface area (TPSA) is 72.0 Å². The fraction of sp³-hybridized carbons (Fsp3) is 0.409. The van der Waals surface area contributed by atoms with E-state index < -0.39 is 6.04 Å². The molecule has 0 unspecified atom stereocenters. The lowest BCUT2D eigenvalue weighted by Gasteiger charge is -2.42. The van der Waals surface area contributed by atoms with Crippen molar-refractivity contribution in [2.45, 2.75) is 31.0 Å². The van der Waals surface area contributed by atoms with Gasteiger partial charge >= 0.3 is 0 Å². The number of aromatic nitrogens is 1. The van der Waals surface area contributed by atoms with Crippen LogP contribution in [0.3, 0.4) is 0 Å². The van der Waals surface area contributed by atoms with E-state index in [1.54, 1.807) is 24.1 Å². The van der Waals surface area contributed by atoms with Gasteiger partial charge in [-0.2, -0.15) is 0 Å². The highest BCUT2D eigenvalue weighted by molar-refractivity contribution is 5.98. The highest BCUT2D eigenvalue weighted by Gasteiger charge is 2.47. The van der Waals surface area contributed by atoms with Crippen molar-refractivity contribution < 1.29 is 19.1 Å². The quantitative estimate of drug-likeness (QED) is 0.772. The maximum absolute atomic E-state index is 13.4. The van der Waals surface area contributed by atoms with Crippen molar-refractivity contribution in [2.75, 3.05) is 27.3 Å². The molecule has 2 amide bonds. The number of methoxy groups -OCH3 is 2. The van der Waals surface area contributed by atoms with Gasteiger partial charge in [-0.25, -0.2) is 4.98 Å². The normalized spacial score (nSPS) is 23.8. The van der Waals surface area contributed by atoms with Gasteiger partial charge in [-0.15, -0.1) is 0 Å². The van der Waals surface area contributed by atoms with Gasteiger partial charge in [0.25, 0.3) is 5.91 Å². The van der Waals surface area contributed by atoms with Crippen LogP contribution in [-0.2, 0) is 16.0 Å². The highest BCUT2D eigenvalue weighted by Crippen LogP contribution is 2.30. The Kier molecular flexibility index (Phi) is 5.49. The minimum Gasteiger partial charge on any atom is -0.481 e. The lowest BCUT2D eigenvalue weighted by molar-refractivity contribution is -0.142. The van der Waals surface area contributed by atoms with Gasteiger partial charge in [-0.05, 0) is 18.1 Å². The zero-order valence-electron chi connectivity index (χ0n) is 16.7. The highest BCUT2D eigenvalue weighted by atomic mass is 16.5. The molecule has 1 aromatic heterocycles. The second-order valence-corrected chi connectivity index (χ2v) is 7.49. The summed E-state index contributed by atoms with van der Waals surface area (Å²) in [5, 5.41) is 0. The zero-order valence-corrected chi connectivity index (χ0v) is 16.7. The zero-order chi connectivity index (χ0) is 20.4. The first-order chi connectivity index (χ1) is 14.1. The van der Waals surface area contributed by atoms with E-state index in [-0.39, 0.29) is 24.0 Å². The van der Waals surface area contributed by atoms with Crippen LogP contribution in [-0.4, -0.2) is 72.1 Å². The lowest BCUT2D eigenvalue weighted by atomic mass is 9.98. The molecule has 0 aliphatic carbocycles. The predicted molar refractivity (Wildman–Crippen MR) is 107 cm³/mol. The third kappa shape index (κ3) is 3.82. The number of nitrogens with zero attached hydrogens (tertiary/aromatic N) is 3. The van der Waals surface area contributed by atoms with E-state index in [4.69, 9.17) is 9.47 Å². The summed E-state index contributed by atoms with van der Waals surface area (Å²) in [5.74, 6) is 0.247. The first kappa shape index (κ1) is 19.4. The summed E-state index contributed by atoms with van der Waals surface area (Å²) in [4.78, 5) is 34.4. The number of ether oxygens (including phenoxy) is 2. The van der Waals surface area contributed by atoms with Crippen LogP contribution in [0.2, 0.25) is 0 Å². The average molecular weight is 395 g/mol. The number of piperazine rings is 1. The van der Waals surface area contributed by atoms with Crippen LogP contribution in [0, 0.1) is 0 Å². The largest absolute Gasteiger partial charge is 0.481 e. The van der Waals surface area contributed by atoms with E-state index in [0.29, 0.717) is 31.0 Å². The van der Waals surface area contributed by atoms with Gasteiger partial charge in [0.05, 0.1) is 24.8 Å². The Morgan fingerprint density at radius 3 is 2.59 bits per heavy atom. The van der Waals surface area contributed by atoms with Crippen molar-refractivity contribution >= 4 is 11.8 Å². The number of hydrogen-bond acceptors (Lipinski definition) is 5. The summed E-state index contributed by atoms with van der Waals surface area (Å²) in [6.45, 7) is 1.07. The fourth-order valence-corrected chi connectivity index (χ4v) is 4.22. The Labute approximate surface area is 170 Å². The van der Waals surface area contributed by atoms with Crippen LogP contribution in [0.15, 0.2) is 48.7 Å². The molecule has 3 heterocycles. The van der Waals surface area contributed by atoms with E-state index >= 15 is 0 Å². The molecule has 4 rings (SSSR count). The van der Waals surface area contributed by atoms with Crippen LogP contribution < -0.4 is 4.74 Å². The molecule has 0 spiro atoms. The van der Waals surface area contributed by atoms with Crippen molar-refractivity contribution in [2.24, 2.45) is 0 Å². The molecular formula is C22H25N3O4. The number of carbonyl (C=O) groups is 2. The van der Waals surface area contributed by atoms with Crippen molar-refractivity contribution in [3.63, 3.8) is 0 Å². The molecule has 2 saturated heterocycles. The molecule has 7 nitrogen and oxygen atoms in total. The smallest absolute Gasteiger partial charge is 0.256 e. The molecule has 29 heavy (non-hydrogen) atoms. The number of benzene rings is 1. The first-order valence-corrected chi connectivity index (χ1v) is 9.79. The predicted octanol–water partition coefficient (Wildman–Crippen LogP) is 1.77. The average Bonchev–Trinajstić information content (AvgIpc) is 3.19. The summed E-state index contributed by atoms with van der Waals surface area (Å²) >= 11 is 0. The molecule has 2 aliphatic heterocycles. The Bertz CT molecular complexity index is 871. The first-order valence-electron chi connectivity index (χ1n) is 9.79. The molecule has 7 heteroatoms. The maximum atomic E-state index is 13.4. The number of fused-ring (bicyclic) bond motifs is 1. The number of carbonyl (C=O) groups excluding carboxylic acids is 2. The third-order valence-corrected chi connectivity index (χ3v) is 5.79. The van der Waals surface area contributed by atoms with Crippen molar-refractivity contribution in [3.05, 3.63) is 59.8 Å². The second-order valence-electron chi connectivity index (χ2n) is 7.49. The monoisotopic (exact) mass is 395 g/mol. The van der Waals surface area contributed by atoms with Crippen LogP contribution in [0.1, 0.15) is 22.3 Å². The Morgan fingerprint density at radius 2 is 1.93 bits per heavy atom. The minimum absolute atomic E-state index is 0.0130. The Balaban J connectivity index is 1.63. The molecule has 0 bridgehead atoms. The van der Waals surface area contributed by atoms with Gasteiger partial charge in [0.1, 0.15) is 6.04 Å². The van der Waals surface area contributed by atoms with Gasteiger partial charge in [0.15, 0.2) is 0 Å². The second kappa shape index (κ2) is 8.21. The van der Waals surface area contributed by atoms with E-state index in [0.717, 1.165) is 12.0 Å². The summed E-state index contributed by atoms with van der Waals surface area (Å²) in [6, 6.07) is 12.6. The Morgan fingerprint density at radius 1 is 1.14 bits per heavy atom. The SMILES string of the molecule is COc1ccc(C(=O)N2C[C@@H]3C[C@H](OC)CN3C(=O)[C@@H]2Cc2ccccc2)cn1. The standard InChI is InChI=1S/C22H25N3O4/c1-28-18-11-17-13-25(21(26)16-8-9-20(29-2)23-12-16)19(22(27)24(17)14-18)10-15-6-4-3-5-7-15/h3-9,12,17-19H,10-11,13-14H2,1-2H3/t17-,18-,19-/m0/s1. The number of hydrogen-bond donors (Lipinski definition) is 0. The van der Waals surface area contributed by atoms with E-state index in [2.05, 4.69) is 4.98 Å². The van der Waals surface area contributed by atoms with E-state index in [9.17, 15) is 9.59 Å². The van der Waals surface area contributed by atoms with Gasteiger partial charge in [-0.3, -0.25) is 9.59 Å². The van der Waals surface area contributed by atoms with Crippen molar-refractivity contribution in [3.8, 4) is 5.88 Å². The van der Waals surface area contributed by atoms with Crippen LogP contribution in [0.5, 0.6) is 5.88 Å². The molecule has 2 aliphatic rings. The van der Waals surface area contributed by atoms with Gasteiger partial charge < -0.3 is 19.3 Å². The summed E-state index contributed by atoms with van der Waals surface area (Å²) in [7, 11) is 3.20. The molecule has 0 saturated carbocycles. The summed E-state index contributed by atoms with van der Waals surface area (Å²) in [5.41, 5.74) is 1.48. The van der Waals surface area contributed by atoms with Crippen LogP contribution in [0.25, 0.3) is 0 Å². The van der Waals surface area contributed by atoms with E-state index in [1.165, 1.54) is 13.3 Å². The number of pyridine rings is 1. The molecule has 0 radical (unpaired) electrons. The molecule has 2 aromatic rings. The molecule has 152 valence electrons. The van der Waals surface area contributed by atoms with Crippen molar-refractivity contribution in [1.82, 2.24) is 14.8 Å². The van der Waals surface area contributed by atoms with E-state index in [1.807, 2.05) is 35.2 Å². The molecule has 3 atom stereocenters. The Hall–Kier alpha value is -2.93.